The highest BCUT2D eigenvalue weighted by atomic mass is 32.2. The number of carbonyl (C=O) groups is 2. The van der Waals surface area contributed by atoms with Crippen LogP contribution < -0.4 is 19.8 Å². The summed E-state index contributed by atoms with van der Waals surface area (Å²) in [6, 6.07) is 46.6. The van der Waals surface area contributed by atoms with Crippen LogP contribution in [-0.2, 0) is 33.3 Å². The van der Waals surface area contributed by atoms with Gasteiger partial charge in [-0.15, -0.1) is 0 Å². The van der Waals surface area contributed by atoms with Crippen molar-refractivity contribution in [3.63, 3.8) is 0 Å². The molecule has 2 amide bonds. The molecule has 8 aromatic rings. The van der Waals surface area contributed by atoms with E-state index in [4.69, 9.17) is 0 Å². The third-order valence-corrected chi connectivity index (χ3v) is 11.9. The van der Waals surface area contributed by atoms with Crippen molar-refractivity contribution in [1.82, 2.24) is 0 Å². The predicted octanol–water partition coefficient (Wildman–Crippen LogP) is 8.58. The van der Waals surface area contributed by atoms with Gasteiger partial charge in [-0.1, -0.05) is 59.7 Å². The standard InChI is InChI=1S/C36H30N4O2.2C7H8O3S/c1-3-39-21-5-7-29-23-31(17-19-33(29)39)37-35(41)27-13-9-25(10-14-27)26-11-15-28(16-12-26)36(42)38-32-18-20-34-30(24-32)8-6-22-40(34)4-2;2*1-6-2-4-7(5-3-6)11(8,9)10/h5-24H,3-4H2,1-2H3;2*2-5H,1H3,(H,8,9,10). The van der Waals surface area contributed by atoms with E-state index in [0.29, 0.717) is 11.1 Å². The second-order valence-electron chi connectivity index (χ2n) is 14.7. The van der Waals surface area contributed by atoms with E-state index >= 15 is 0 Å². The van der Waals surface area contributed by atoms with Crippen LogP contribution in [0.3, 0.4) is 0 Å². The summed E-state index contributed by atoms with van der Waals surface area (Å²) >= 11 is 0. The number of hydrogen-bond acceptors (Lipinski definition) is 8. The summed E-state index contributed by atoms with van der Waals surface area (Å²) in [4.78, 5) is 25.5. The summed E-state index contributed by atoms with van der Waals surface area (Å²) in [7, 11) is -8.54. The lowest BCUT2D eigenvalue weighted by Crippen LogP contribution is -2.32. The van der Waals surface area contributed by atoms with Gasteiger partial charge in [0, 0.05) is 57.5 Å². The third-order valence-electron chi connectivity index (χ3n) is 10.2. The lowest BCUT2D eigenvalue weighted by Gasteiger charge is -2.09. The van der Waals surface area contributed by atoms with Crippen molar-refractivity contribution in [2.45, 2.75) is 50.6 Å². The molecule has 0 atom stereocenters. The molecule has 0 unspecified atom stereocenters. The fraction of sp³-hybridized carbons (Fsp3) is 0.120. The molecule has 64 heavy (non-hydrogen) atoms. The minimum Gasteiger partial charge on any atom is -0.744 e. The van der Waals surface area contributed by atoms with Crippen molar-refractivity contribution in [3.8, 4) is 11.1 Å². The Balaban J connectivity index is 0.000000252. The molecule has 2 aromatic heterocycles. The molecule has 0 bridgehead atoms. The first kappa shape index (κ1) is 46.4. The van der Waals surface area contributed by atoms with Gasteiger partial charge in [-0.05, 0) is 124 Å². The van der Waals surface area contributed by atoms with E-state index in [1.165, 1.54) is 24.3 Å². The van der Waals surface area contributed by atoms with Gasteiger partial charge >= 0.3 is 0 Å². The molecule has 0 saturated heterocycles. The van der Waals surface area contributed by atoms with Crippen LogP contribution in [0.2, 0.25) is 0 Å². The van der Waals surface area contributed by atoms with Gasteiger partial charge in [0.1, 0.15) is 33.3 Å². The second kappa shape index (κ2) is 20.4. The molecular weight excluding hydrogens is 849 g/mol. The summed E-state index contributed by atoms with van der Waals surface area (Å²) in [6.45, 7) is 9.63. The molecule has 0 spiro atoms. The molecule has 8 rings (SSSR count). The molecule has 0 radical (unpaired) electrons. The van der Waals surface area contributed by atoms with Gasteiger partial charge < -0.3 is 19.7 Å². The Hall–Kier alpha value is -7.10. The molecule has 326 valence electrons. The maximum Gasteiger partial charge on any atom is 0.255 e. The van der Waals surface area contributed by atoms with Crippen molar-refractivity contribution < 1.29 is 44.7 Å². The van der Waals surface area contributed by atoms with Crippen LogP contribution in [0.25, 0.3) is 32.9 Å². The minimum atomic E-state index is -4.27. The zero-order valence-electron chi connectivity index (χ0n) is 35.6. The summed E-state index contributed by atoms with van der Waals surface area (Å²) in [5, 5.41) is 8.17. The monoisotopic (exact) mass is 894 g/mol. The fourth-order valence-corrected chi connectivity index (χ4v) is 7.65. The maximum atomic E-state index is 12.9. The number of amides is 2. The number of rotatable bonds is 9. The first-order chi connectivity index (χ1) is 30.5. The molecule has 0 aliphatic heterocycles. The topological polar surface area (TPSA) is 180 Å². The molecule has 0 aliphatic rings. The van der Waals surface area contributed by atoms with Gasteiger partial charge in [0.25, 0.3) is 11.8 Å². The Bertz CT molecular complexity index is 2940. The van der Waals surface area contributed by atoms with Crippen LogP contribution in [0, 0.1) is 13.8 Å². The summed E-state index contributed by atoms with van der Waals surface area (Å²) < 4.78 is 66.7. The lowest BCUT2D eigenvalue weighted by molar-refractivity contribution is -0.668. The first-order valence-electron chi connectivity index (χ1n) is 20.2. The van der Waals surface area contributed by atoms with E-state index in [0.717, 1.165) is 68.5 Å². The largest absolute Gasteiger partial charge is 0.744 e. The van der Waals surface area contributed by atoms with E-state index in [9.17, 15) is 35.5 Å². The number of benzene rings is 6. The summed E-state index contributed by atoms with van der Waals surface area (Å²) in [5.41, 5.74) is 8.71. The maximum absolute atomic E-state index is 12.9. The number of fused-ring (bicyclic) bond motifs is 2. The lowest BCUT2D eigenvalue weighted by atomic mass is 10.0. The quantitative estimate of drug-likeness (QED) is 0.107. The molecule has 0 fully saturated rings. The molecular formula is C50H46N4O8S2. The van der Waals surface area contributed by atoms with Crippen molar-refractivity contribution in [1.29, 1.82) is 0 Å². The number of aromatic nitrogens is 2. The van der Waals surface area contributed by atoms with Crippen LogP contribution >= 0.6 is 0 Å². The van der Waals surface area contributed by atoms with Crippen LogP contribution in [0.1, 0.15) is 45.7 Å². The Morgan fingerprint density at radius 2 is 0.828 bits per heavy atom. The van der Waals surface area contributed by atoms with Crippen LogP contribution in [-0.4, -0.2) is 37.8 Å². The number of carbonyl (C=O) groups excluding carboxylic acids is 2. The van der Waals surface area contributed by atoms with Crippen molar-refractivity contribution in [3.05, 3.63) is 192 Å². The van der Waals surface area contributed by atoms with E-state index in [1.807, 2.05) is 123 Å². The highest BCUT2D eigenvalue weighted by Gasteiger charge is 2.13. The van der Waals surface area contributed by atoms with Gasteiger partial charge in [-0.3, -0.25) is 9.59 Å². The zero-order valence-corrected chi connectivity index (χ0v) is 37.2. The molecule has 14 heteroatoms. The predicted molar refractivity (Wildman–Crippen MR) is 246 cm³/mol. The van der Waals surface area contributed by atoms with E-state index < -0.39 is 20.2 Å². The Morgan fingerprint density at radius 3 is 1.14 bits per heavy atom. The van der Waals surface area contributed by atoms with Gasteiger partial charge in [0.15, 0.2) is 12.4 Å². The highest BCUT2D eigenvalue weighted by Crippen LogP contribution is 2.23. The van der Waals surface area contributed by atoms with Gasteiger partial charge in [0.2, 0.25) is 11.0 Å². The van der Waals surface area contributed by atoms with Gasteiger partial charge in [-0.25, -0.2) is 16.8 Å². The second-order valence-corrected chi connectivity index (χ2v) is 17.5. The van der Waals surface area contributed by atoms with Crippen molar-refractivity contribution >= 4 is 65.2 Å². The Morgan fingerprint density at radius 1 is 0.484 bits per heavy atom. The van der Waals surface area contributed by atoms with Crippen LogP contribution in [0.5, 0.6) is 0 Å². The van der Waals surface area contributed by atoms with Crippen LogP contribution in [0.15, 0.2) is 180 Å². The number of aryl methyl sites for hydroxylation is 4. The van der Waals surface area contributed by atoms with E-state index in [1.54, 1.807) is 24.3 Å². The average Bonchev–Trinajstić information content (AvgIpc) is 3.28. The highest BCUT2D eigenvalue weighted by molar-refractivity contribution is 7.86. The summed E-state index contributed by atoms with van der Waals surface area (Å²) in [5.74, 6) is -0.323. The molecule has 2 N–H and O–H groups in total. The van der Waals surface area contributed by atoms with Gasteiger partial charge in [-0.2, -0.15) is 9.13 Å². The molecule has 12 nitrogen and oxygen atoms in total. The van der Waals surface area contributed by atoms with Crippen molar-refractivity contribution in [2.24, 2.45) is 0 Å². The fourth-order valence-electron chi connectivity index (χ4n) is 6.71. The van der Waals surface area contributed by atoms with Crippen molar-refractivity contribution in [2.75, 3.05) is 10.6 Å². The average molecular weight is 895 g/mol. The first-order valence-corrected chi connectivity index (χ1v) is 23.1. The Labute approximate surface area is 373 Å². The zero-order chi connectivity index (χ0) is 46.0. The third kappa shape index (κ3) is 12.1. The SMILES string of the molecule is CC[n+]1cccc2cc(NC(=O)c3ccc(-c4ccc(C(=O)Nc5ccc6c(ccc[n+]6CC)c5)cc4)cc3)ccc21.Cc1ccc(S(=O)(=O)[O-])cc1.Cc1ccc(S(=O)(=O)[O-])cc1. The number of nitrogens with one attached hydrogen (secondary N) is 2. The summed E-state index contributed by atoms with van der Waals surface area (Å²) in [6.07, 6.45) is 4.11. The molecule has 2 heterocycles. The van der Waals surface area contributed by atoms with Crippen LogP contribution in [0.4, 0.5) is 11.4 Å². The Kier molecular flexibility index (Phi) is 14.8. The molecule has 6 aromatic carbocycles. The molecule has 0 saturated carbocycles. The number of pyridine rings is 2. The normalized spacial score (nSPS) is 11.2. The van der Waals surface area contributed by atoms with Gasteiger partial charge in [0.05, 0.1) is 9.79 Å². The number of hydrogen-bond donors (Lipinski definition) is 2. The van der Waals surface area contributed by atoms with E-state index in [2.05, 4.69) is 46.0 Å². The van der Waals surface area contributed by atoms with E-state index in [-0.39, 0.29) is 21.6 Å². The number of anilines is 2. The minimum absolute atomic E-state index is 0.162. The molecule has 0 aliphatic carbocycles. The number of nitrogens with zero attached hydrogens (tertiary/aromatic N) is 2. The smallest absolute Gasteiger partial charge is 0.255 e.